The van der Waals surface area contributed by atoms with Gasteiger partial charge in [-0.3, -0.25) is 4.79 Å². The average Bonchev–Trinajstić information content (AvgIpc) is 3.14. The number of halogens is 3. The Bertz CT molecular complexity index is 870. The smallest absolute Gasteiger partial charge is 0.343 e. The summed E-state index contributed by atoms with van der Waals surface area (Å²) in [7, 11) is 0. The van der Waals surface area contributed by atoms with Crippen LogP contribution in [0.5, 0.6) is 0 Å². The number of carboxylic acid groups (broad SMARTS) is 1. The van der Waals surface area contributed by atoms with Crippen molar-refractivity contribution in [1.29, 1.82) is 0 Å². The normalized spacial score (nSPS) is 20.1. The summed E-state index contributed by atoms with van der Waals surface area (Å²) in [5.74, 6) is -2.07. The van der Waals surface area contributed by atoms with E-state index >= 15 is 0 Å². The van der Waals surface area contributed by atoms with E-state index in [4.69, 9.17) is 28.3 Å². The fraction of sp³-hybridized carbons (Fsp3) is 0.312. The molecule has 1 fully saturated rings. The third-order valence-electron chi connectivity index (χ3n) is 4.14. The van der Waals surface area contributed by atoms with Crippen LogP contribution in [0.1, 0.15) is 22.6 Å². The van der Waals surface area contributed by atoms with Crippen LogP contribution in [0.3, 0.4) is 0 Å². The van der Waals surface area contributed by atoms with Crippen LogP contribution in [-0.2, 0) is 4.79 Å². The molecule has 1 unspecified atom stereocenters. The van der Waals surface area contributed by atoms with E-state index in [-0.39, 0.29) is 18.7 Å². The molecule has 1 aliphatic heterocycles. The third kappa shape index (κ3) is 3.21. The first kappa shape index (κ1) is 17.7. The lowest BCUT2D eigenvalue weighted by Crippen LogP contribution is -2.39. The summed E-state index contributed by atoms with van der Waals surface area (Å²) in [5.41, 5.74) is -1.00. The van der Waals surface area contributed by atoms with E-state index in [0.717, 1.165) is 4.90 Å². The van der Waals surface area contributed by atoms with Crippen molar-refractivity contribution in [1.82, 2.24) is 14.7 Å². The summed E-state index contributed by atoms with van der Waals surface area (Å²) in [5, 5.41) is 13.9. The van der Waals surface area contributed by atoms with Crippen LogP contribution in [0, 0.1) is 6.92 Å². The number of hydrogen-bond acceptors (Lipinski definition) is 3. The van der Waals surface area contributed by atoms with Crippen molar-refractivity contribution < 1.29 is 19.1 Å². The van der Waals surface area contributed by atoms with Crippen molar-refractivity contribution in [2.75, 3.05) is 13.1 Å². The minimum Gasteiger partial charge on any atom is -0.479 e. The molecular weight excluding hydrogens is 372 g/mol. The molecule has 0 saturated carbocycles. The Morgan fingerprint density at radius 2 is 2.00 bits per heavy atom. The van der Waals surface area contributed by atoms with Gasteiger partial charge in [0.1, 0.15) is 0 Å². The first-order chi connectivity index (χ1) is 11.7. The van der Waals surface area contributed by atoms with Gasteiger partial charge in [-0.2, -0.15) is 5.10 Å². The van der Waals surface area contributed by atoms with Gasteiger partial charge in [-0.15, -0.1) is 0 Å². The number of aryl methyl sites for hydroxylation is 1. The van der Waals surface area contributed by atoms with Gasteiger partial charge in [-0.25, -0.2) is 13.9 Å². The number of alkyl halides is 1. The number of hydrogen-bond donors (Lipinski definition) is 1. The highest BCUT2D eigenvalue weighted by Crippen LogP contribution is 2.28. The third-order valence-corrected chi connectivity index (χ3v) is 4.88. The minimum absolute atomic E-state index is 0.0281. The molecule has 1 amide bonds. The number of carbonyl (C=O) groups is 2. The van der Waals surface area contributed by atoms with Crippen molar-refractivity contribution in [3.8, 4) is 5.69 Å². The number of aromatic nitrogens is 2. The molecule has 1 N–H and O–H groups in total. The highest BCUT2D eigenvalue weighted by molar-refractivity contribution is 6.42. The molecule has 1 aliphatic rings. The first-order valence-electron chi connectivity index (χ1n) is 7.45. The molecule has 0 spiro atoms. The van der Waals surface area contributed by atoms with Crippen molar-refractivity contribution in [3.05, 3.63) is 45.7 Å². The van der Waals surface area contributed by atoms with Gasteiger partial charge >= 0.3 is 5.97 Å². The maximum absolute atomic E-state index is 14.1. The minimum atomic E-state index is -2.41. The van der Waals surface area contributed by atoms with Crippen molar-refractivity contribution >= 4 is 35.1 Å². The summed E-state index contributed by atoms with van der Waals surface area (Å²) in [6.45, 7) is 1.30. The van der Waals surface area contributed by atoms with Crippen LogP contribution in [0.15, 0.2) is 24.3 Å². The zero-order valence-electron chi connectivity index (χ0n) is 13.2. The Morgan fingerprint density at radius 3 is 2.60 bits per heavy atom. The predicted octanol–water partition coefficient (Wildman–Crippen LogP) is 3.13. The van der Waals surface area contributed by atoms with Gasteiger partial charge in [0, 0.05) is 18.7 Å². The Hall–Kier alpha value is -2.12. The molecule has 0 radical (unpaired) electrons. The summed E-state index contributed by atoms with van der Waals surface area (Å²) in [6, 6.07) is 6.50. The second-order valence-corrected chi connectivity index (χ2v) is 6.74. The largest absolute Gasteiger partial charge is 0.479 e. The predicted molar refractivity (Wildman–Crippen MR) is 90.3 cm³/mol. The lowest BCUT2D eigenvalue weighted by molar-refractivity contribution is -0.149. The highest BCUT2D eigenvalue weighted by atomic mass is 35.5. The van der Waals surface area contributed by atoms with Crippen LogP contribution < -0.4 is 0 Å². The number of carboxylic acids is 1. The summed E-state index contributed by atoms with van der Waals surface area (Å²) in [6.07, 6.45) is -0.236. The average molecular weight is 386 g/mol. The Kier molecular flexibility index (Phi) is 4.47. The fourth-order valence-electron chi connectivity index (χ4n) is 2.74. The molecule has 1 aromatic carbocycles. The van der Waals surface area contributed by atoms with Crippen LogP contribution in [0.25, 0.3) is 5.69 Å². The monoisotopic (exact) mass is 385 g/mol. The van der Waals surface area contributed by atoms with E-state index in [9.17, 15) is 14.0 Å². The molecule has 1 atom stereocenters. The quantitative estimate of drug-likeness (QED) is 0.880. The van der Waals surface area contributed by atoms with Gasteiger partial charge in [0.25, 0.3) is 5.91 Å². The number of amides is 1. The van der Waals surface area contributed by atoms with Crippen LogP contribution in [0.4, 0.5) is 4.39 Å². The van der Waals surface area contributed by atoms with Gasteiger partial charge in [0.2, 0.25) is 5.67 Å². The second-order valence-electron chi connectivity index (χ2n) is 5.93. The van der Waals surface area contributed by atoms with E-state index in [1.807, 2.05) is 0 Å². The molecule has 6 nitrogen and oxygen atoms in total. The Morgan fingerprint density at radius 1 is 1.28 bits per heavy atom. The summed E-state index contributed by atoms with van der Waals surface area (Å²) in [4.78, 5) is 24.7. The Labute approximate surface area is 152 Å². The molecule has 3 rings (SSSR count). The summed E-state index contributed by atoms with van der Waals surface area (Å²) >= 11 is 11.9. The van der Waals surface area contributed by atoms with Crippen molar-refractivity contribution in [2.24, 2.45) is 0 Å². The van der Waals surface area contributed by atoms with E-state index < -0.39 is 24.1 Å². The maximum Gasteiger partial charge on any atom is 0.343 e. The maximum atomic E-state index is 14.1. The molecule has 25 heavy (non-hydrogen) atoms. The molecule has 0 bridgehead atoms. The fourth-order valence-corrected chi connectivity index (χ4v) is 3.03. The molecule has 1 aromatic heterocycles. The van der Waals surface area contributed by atoms with Crippen molar-refractivity contribution in [3.63, 3.8) is 0 Å². The number of likely N-dealkylation sites (tertiary alicyclic amines) is 1. The first-order valence-corrected chi connectivity index (χ1v) is 8.20. The number of rotatable bonds is 3. The van der Waals surface area contributed by atoms with E-state index in [0.29, 0.717) is 21.4 Å². The van der Waals surface area contributed by atoms with Gasteiger partial charge in [-0.1, -0.05) is 23.2 Å². The van der Waals surface area contributed by atoms with Gasteiger partial charge in [0.15, 0.2) is 5.69 Å². The molecule has 1 saturated heterocycles. The standard InChI is InChI=1S/C16H14Cl2FN3O3/c1-9-6-13(14(23)21-5-4-16(19,8-21)15(24)25)20-22(9)10-2-3-11(17)12(18)7-10/h2-3,6-7H,4-5,8H2,1H3,(H,24,25). The molecule has 2 heterocycles. The molecule has 0 aliphatic carbocycles. The number of carbonyl (C=O) groups excluding carboxylic acids is 1. The van der Waals surface area contributed by atoms with E-state index in [1.54, 1.807) is 31.2 Å². The van der Waals surface area contributed by atoms with Crippen LogP contribution in [0.2, 0.25) is 10.0 Å². The number of aliphatic carboxylic acids is 1. The lowest BCUT2D eigenvalue weighted by atomic mass is 10.1. The highest BCUT2D eigenvalue weighted by Gasteiger charge is 2.47. The molecular formula is C16H14Cl2FN3O3. The Balaban J connectivity index is 1.86. The second kappa shape index (κ2) is 6.31. The topological polar surface area (TPSA) is 75.4 Å². The molecule has 132 valence electrons. The van der Waals surface area contributed by atoms with Gasteiger partial charge in [-0.05, 0) is 31.2 Å². The van der Waals surface area contributed by atoms with Gasteiger partial charge < -0.3 is 10.0 Å². The molecule has 2 aromatic rings. The summed E-state index contributed by atoms with van der Waals surface area (Å²) < 4.78 is 15.7. The van der Waals surface area contributed by atoms with Gasteiger partial charge in [0.05, 0.1) is 22.3 Å². The van der Waals surface area contributed by atoms with Crippen LogP contribution in [-0.4, -0.2) is 50.4 Å². The van der Waals surface area contributed by atoms with Crippen LogP contribution >= 0.6 is 23.2 Å². The zero-order valence-corrected chi connectivity index (χ0v) is 14.7. The zero-order chi connectivity index (χ0) is 18.4. The lowest BCUT2D eigenvalue weighted by Gasteiger charge is -2.16. The molecule has 9 heteroatoms. The van der Waals surface area contributed by atoms with Crippen molar-refractivity contribution in [2.45, 2.75) is 19.0 Å². The number of benzene rings is 1. The number of nitrogens with zero attached hydrogens (tertiary/aromatic N) is 3. The van der Waals surface area contributed by atoms with E-state index in [1.165, 1.54) is 4.68 Å². The SMILES string of the molecule is Cc1cc(C(=O)N2CCC(F)(C(=O)O)C2)nn1-c1ccc(Cl)c(Cl)c1. The van der Waals surface area contributed by atoms with E-state index in [2.05, 4.69) is 5.10 Å².